The molecule has 0 saturated carbocycles. The lowest BCUT2D eigenvalue weighted by Gasteiger charge is -2.22. The summed E-state index contributed by atoms with van der Waals surface area (Å²) in [5, 5.41) is 5.61. The molecule has 1 aromatic rings. The Bertz CT molecular complexity index is 499. The number of carbonyl (C=O) groups is 1. The topological polar surface area (TPSA) is 41.1 Å². The number of piperidine rings is 1. The molecule has 118 valence electrons. The van der Waals surface area contributed by atoms with Crippen molar-refractivity contribution in [3.8, 4) is 0 Å². The molecule has 0 radical (unpaired) electrons. The Morgan fingerprint density at radius 1 is 1.33 bits per heavy atom. The van der Waals surface area contributed by atoms with Gasteiger partial charge in [0.25, 0.3) is 0 Å². The minimum atomic E-state index is -4.41. The van der Waals surface area contributed by atoms with E-state index in [4.69, 9.17) is 0 Å². The number of hydrogen-bond donors (Lipinski definition) is 2. The first-order chi connectivity index (χ1) is 9.38. The largest absolute Gasteiger partial charge is 0.416 e. The fraction of sp³-hybridized carbons (Fsp3) is 0.500. The molecule has 2 rings (SSSR count). The average Bonchev–Trinajstić information content (AvgIpc) is 2.40. The molecule has 1 heterocycles. The van der Waals surface area contributed by atoms with Crippen LogP contribution in [0.15, 0.2) is 18.2 Å². The van der Waals surface area contributed by atoms with Crippen LogP contribution in [0.4, 0.5) is 18.9 Å². The molecule has 1 aromatic carbocycles. The monoisotopic (exact) mass is 322 g/mol. The molecule has 3 nitrogen and oxygen atoms in total. The zero-order valence-electron chi connectivity index (χ0n) is 11.6. The molecule has 1 atom stereocenters. The van der Waals surface area contributed by atoms with Gasteiger partial charge in [-0.05, 0) is 44.0 Å². The van der Waals surface area contributed by atoms with Crippen molar-refractivity contribution in [3.63, 3.8) is 0 Å². The van der Waals surface area contributed by atoms with Crippen LogP contribution in [0.3, 0.4) is 0 Å². The molecule has 0 bridgehead atoms. The summed E-state index contributed by atoms with van der Waals surface area (Å²) in [5.74, 6) is -0.276. The second-order valence-corrected chi connectivity index (χ2v) is 5.02. The van der Waals surface area contributed by atoms with Gasteiger partial charge in [0, 0.05) is 5.69 Å². The normalized spacial score (nSPS) is 18.8. The van der Waals surface area contributed by atoms with Crippen molar-refractivity contribution < 1.29 is 18.0 Å². The first-order valence-electron chi connectivity index (χ1n) is 6.60. The second kappa shape index (κ2) is 7.13. The van der Waals surface area contributed by atoms with Crippen LogP contribution in [0.2, 0.25) is 0 Å². The Kier molecular flexibility index (Phi) is 6.04. The molecule has 1 saturated heterocycles. The van der Waals surface area contributed by atoms with Gasteiger partial charge in [-0.25, -0.2) is 0 Å². The maximum absolute atomic E-state index is 12.8. The summed E-state index contributed by atoms with van der Waals surface area (Å²) in [6.45, 7) is 2.16. The van der Waals surface area contributed by atoms with Crippen molar-refractivity contribution in [1.82, 2.24) is 5.32 Å². The van der Waals surface area contributed by atoms with E-state index in [0.717, 1.165) is 25.5 Å². The van der Waals surface area contributed by atoms with E-state index >= 15 is 0 Å². The number of alkyl halides is 3. The van der Waals surface area contributed by atoms with Crippen molar-refractivity contribution in [1.29, 1.82) is 0 Å². The van der Waals surface area contributed by atoms with E-state index in [1.807, 2.05) is 0 Å². The van der Waals surface area contributed by atoms with Gasteiger partial charge >= 0.3 is 6.18 Å². The third-order valence-electron chi connectivity index (χ3n) is 3.44. The zero-order valence-corrected chi connectivity index (χ0v) is 12.4. The first kappa shape index (κ1) is 17.8. The van der Waals surface area contributed by atoms with Gasteiger partial charge in [0.2, 0.25) is 5.91 Å². The van der Waals surface area contributed by atoms with Crippen molar-refractivity contribution in [3.05, 3.63) is 29.3 Å². The average molecular weight is 323 g/mol. The molecule has 0 unspecified atom stereocenters. The maximum Gasteiger partial charge on any atom is 0.416 e. The highest BCUT2D eigenvalue weighted by atomic mass is 35.5. The van der Waals surface area contributed by atoms with Crippen LogP contribution in [0, 0.1) is 6.92 Å². The molecular weight excluding hydrogens is 305 g/mol. The molecule has 2 N–H and O–H groups in total. The van der Waals surface area contributed by atoms with E-state index in [2.05, 4.69) is 10.6 Å². The van der Waals surface area contributed by atoms with Crippen molar-refractivity contribution >= 4 is 24.0 Å². The lowest BCUT2D eigenvalue weighted by Crippen LogP contribution is -2.43. The van der Waals surface area contributed by atoms with Crippen LogP contribution < -0.4 is 10.6 Å². The van der Waals surface area contributed by atoms with Crippen LogP contribution in [0.1, 0.15) is 30.4 Å². The molecule has 1 aliphatic rings. The number of benzene rings is 1. The lowest BCUT2D eigenvalue weighted by atomic mass is 10.0. The van der Waals surface area contributed by atoms with Gasteiger partial charge in [-0.1, -0.05) is 12.5 Å². The van der Waals surface area contributed by atoms with Crippen molar-refractivity contribution in [2.75, 3.05) is 11.9 Å². The number of nitrogens with one attached hydrogen (secondary N) is 2. The molecule has 0 aliphatic carbocycles. The van der Waals surface area contributed by atoms with Crippen LogP contribution in [-0.4, -0.2) is 18.5 Å². The third-order valence-corrected chi connectivity index (χ3v) is 3.44. The van der Waals surface area contributed by atoms with E-state index in [1.165, 1.54) is 19.1 Å². The minimum Gasteiger partial charge on any atom is -0.325 e. The number of carbonyl (C=O) groups excluding carboxylic acids is 1. The fourth-order valence-corrected chi connectivity index (χ4v) is 2.31. The highest BCUT2D eigenvalue weighted by molar-refractivity contribution is 5.95. The molecule has 21 heavy (non-hydrogen) atoms. The van der Waals surface area contributed by atoms with E-state index in [1.54, 1.807) is 0 Å². The van der Waals surface area contributed by atoms with Crippen molar-refractivity contribution in [2.45, 2.75) is 38.4 Å². The van der Waals surface area contributed by atoms with E-state index in [9.17, 15) is 18.0 Å². The first-order valence-corrected chi connectivity index (χ1v) is 6.60. The fourth-order valence-electron chi connectivity index (χ4n) is 2.31. The predicted octanol–water partition coefficient (Wildman–Crippen LogP) is 3.52. The number of aryl methyl sites for hydroxylation is 1. The SMILES string of the molecule is Cc1ccc(NC(=O)[C@H]2CCCCN2)cc1C(F)(F)F.Cl. The van der Waals surface area contributed by atoms with Gasteiger partial charge in [0.15, 0.2) is 0 Å². The summed E-state index contributed by atoms with van der Waals surface area (Å²) in [6, 6.07) is 3.52. The van der Waals surface area contributed by atoms with Gasteiger partial charge in [-0.3, -0.25) is 4.79 Å². The molecule has 0 aromatic heterocycles. The van der Waals surface area contributed by atoms with Crippen LogP contribution >= 0.6 is 12.4 Å². The maximum atomic E-state index is 12.8. The van der Waals surface area contributed by atoms with Crippen LogP contribution in [-0.2, 0) is 11.0 Å². The number of halogens is 4. The summed E-state index contributed by atoms with van der Waals surface area (Å²) >= 11 is 0. The van der Waals surface area contributed by atoms with E-state index < -0.39 is 11.7 Å². The molecule has 1 fully saturated rings. The second-order valence-electron chi connectivity index (χ2n) is 5.02. The van der Waals surface area contributed by atoms with E-state index in [0.29, 0.717) is 6.42 Å². The zero-order chi connectivity index (χ0) is 14.8. The van der Waals surface area contributed by atoms with Crippen molar-refractivity contribution in [2.24, 2.45) is 0 Å². The summed E-state index contributed by atoms with van der Waals surface area (Å²) < 4.78 is 38.4. The van der Waals surface area contributed by atoms with Gasteiger partial charge < -0.3 is 10.6 Å². The summed E-state index contributed by atoms with van der Waals surface area (Å²) in [7, 11) is 0. The van der Waals surface area contributed by atoms with Crippen LogP contribution in [0.25, 0.3) is 0 Å². The summed E-state index contributed by atoms with van der Waals surface area (Å²) in [4.78, 5) is 12.0. The lowest BCUT2D eigenvalue weighted by molar-refractivity contribution is -0.138. The standard InChI is InChI=1S/C14H17F3N2O.ClH/c1-9-5-6-10(8-11(9)14(15,16)17)19-13(20)12-4-2-3-7-18-12;/h5-6,8,12,18H,2-4,7H2,1H3,(H,19,20);1H/t12-;/m1./s1. The third kappa shape index (κ3) is 4.61. The quantitative estimate of drug-likeness (QED) is 0.874. The Morgan fingerprint density at radius 2 is 2.05 bits per heavy atom. The van der Waals surface area contributed by atoms with Crippen LogP contribution in [0.5, 0.6) is 0 Å². The Hall–Kier alpha value is -1.27. The number of anilines is 1. The molecule has 1 amide bonds. The van der Waals surface area contributed by atoms with Gasteiger partial charge in [-0.2, -0.15) is 13.2 Å². The van der Waals surface area contributed by atoms with Gasteiger partial charge in [0.05, 0.1) is 11.6 Å². The molecule has 0 spiro atoms. The number of rotatable bonds is 2. The molecule has 1 aliphatic heterocycles. The number of hydrogen-bond acceptors (Lipinski definition) is 2. The summed E-state index contributed by atoms with van der Waals surface area (Å²) in [5.41, 5.74) is -0.390. The Balaban J connectivity index is 0.00000220. The Labute approximate surface area is 127 Å². The van der Waals surface area contributed by atoms with Gasteiger partial charge in [-0.15, -0.1) is 12.4 Å². The Morgan fingerprint density at radius 3 is 2.62 bits per heavy atom. The number of amides is 1. The highest BCUT2D eigenvalue weighted by Gasteiger charge is 2.32. The predicted molar refractivity (Wildman–Crippen MR) is 77.7 cm³/mol. The molecular formula is C14H18ClF3N2O. The highest BCUT2D eigenvalue weighted by Crippen LogP contribution is 2.33. The van der Waals surface area contributed by atoms with E-state index in [-0.39, 0.29) is 35.6 Å². The molecule has 7 heteroatoms. The van der Waals surface area contributed by atoms with Gasteiger partial charge in [0.1, 0.15) is 0 Å². The smallest absolute Gasteiger partial charge is 0.325 e. The minimum absolute atomic E-state index is 0. The summed E-state index contributed by atoms with van der Waals surface area (Å²) in [6.07, 6.45) is -1.73.